The summed E-state index contributed by atoms with van der Waals surface area (Å²) >= 11 is 12.0. The molecule has 0 unspecified atom stereocenters. The van der Waals surface area contributed by atoms with Crippen molar-refractivity contribution in [2.45, 2.75) is 63.8 Å². The topological polar surface area (TPSA) is 86.8 Å². The predicted octanol–water partition coefficient (Wildman–Crippen LogP) is 5.64. The lowest BCUT2D eigenvalue weighted by Crippen LogP contribution is -2.53. The van der Waals surface area contributed by atoms with E-state index >= 15 is 0 Å². The number of sulfonamides is 1. The minimum Gasteiger partial charge on any atom is -0.352 e. The molecule has 2 aromatic rings. The molecule has 1 N–H and O–H groups in total. The average Bonchev–Trinajstić information content (AvgIpc) is 3.35. The number of hydrogen-bond donors (Lipinski definition) is 1. The standard InChI is InChI=1S/C26H30Cl2F3N3O4S/c1-3-23(25(36)32-18-9-5-6-10-18)33(15-17-8-4-7-11-21(17)27)24(35)16-34(39(2,37)38)19-12-13-22(28)20(14-19)26(29,30)31/h4,7-8,11-14,18,23H,3,5-6,9-10,15-16H2,1-2H3,(H,32,36)/t23-/m0/s1. The molecule has 0 aromatic heterocycles. The minimum absolute atomic E-state index is 0.0220. The number of anilines is 1. The lowest BCUT2D eigenvalue weighted by Gasteiger charge is -2.33. The number of carbonyl (C=O) groups is 2. The van der Waals surface area contributed by atoms with Gasteiger partial charge in [-0.1, -0.05) is 61.2 Å². The number of nitrogens with zero attached hydrogens (tertiary/aromatic N) is 2. The predicted molar refractivity (Wildman–Crippen MR) is 145 cm³/mol. The fourth-order valence-corrected chi connectivity index (χ4v) is 5.86. The van der Waals surface area contributed by atoms with E-state index in [1.165, 1.54) is 4.90 Å². The third kappa shape index (κ3) is 8.02. The van der Waals surface area contributed by atoms with Crippen molar-refractivity contribution in [1.82, 2.24) is 10.2 Å². The van der Waals surface area contributed by atoms with E-state index in [0.717, 1.165) is 44.1 Å². The van der Waals surface area contributed by atoms with E-state index in [2.05, 4.69) is 5.32 Å². The Morgan fingerprint density at radius 1 is 1.08 bits per heavy atom. The molecule has 7 nitrogen and oxygen atoms in total. The minimum atomic E-state index is -4.85. The van der Waals surface area contributed by atoms with E-state index in [0.29, 0.717) is 21.0 Å². The monoisotopic (exact) mass is 607 g/mol. The Labute approximate surface area is 236 Å². The molecule has 13 heteroatoms. The summed E-state index contributed by atoms with van der Waals surface area (Å²) in [5, 5.41) is 2.71. The van der Waals surface area contributed by atoms with Crippen molar-refractivity contribution < 1.29 is 31.2 Å². The van der Waals surface area contributed by atoms with Gasteiger partial charge in [-0.2, -0.15) is 13.2 Å². The third-order valence-electron chi connectivity index (χ3n) is 6.61. The molecule has 0 spiro atoms. The van der Waals surface area contributed by atoms with E-state index in [-0.39, 0.29) is 30.6 Å². The summed E-state index contributed by atoms with van der Waals surface area (Å²) < 4.78 is 66.4. The van der Waals surface area contributed by atoms with E-state index in [1.54, 1.807) is 31.2 Å². The molecule has 0 radical (unpaired) electrons. The van der Waals surface area contributed by atoms with E-state index in [1.807, 2.05) is 0 Å². The number of rotatable bonds is 10. The van der Waals surface area contributed by atoms with Crippen LogP contribution in [0.25, 0.3) is 0 Å². The van der Waals surface area contributed by atoms with Gasteiger partial charge in [-0.05, 0) is 49.1 Å². The number of halogens is 5. The molecule has 0 bridgehead atoms. The van der Waals surface area contributed by atoms with Crippen LogP contribution >= 0.6 is 23.2 Å². The summed E-state index contributed by atoms with van der Waals surface area (Å²) in [6, 6.07) is 8.31. The Bertz CT molecular complexity index is 1300. The van der Waals surface area contributed by atoms with Crippen molar-refractivity contribution in [3.05, 3.63) is 63.6 Å². The molecular weight excluding hydrogens is 578 g/mol. The molecule has 214 valence electrons. The number of alkyl halides is 3. The van der Waals surface area contributed by atoms with Crippen molar-refractivity contribution in [2.24, 2.45) is 0 Å². The van der Waals surface area contributed by atoms with Gasteiger partial charge in [-0.25, -0.2) is 8.42 Å². The molecule has 1 atom stereocenters. The summed E-state index contributed by atoms with van der Waals surface area (Å²) in [6.45, 7) is 0.769. The van der Waals surface area contributed by atoms with Crippen LogP contribution in [0.4, 0.5) is 18.9 Å². The summed E-state index contributed by atoms with van der Waals surface area (Å²) in [6.07, 6.45) is -0.247. The van der Waals surface area contributed by atoms with Gasteiger partial charge in [0.25, 0.3) is 0 Å². The SMILES string of the molecule is CC[C@@H](C(=O)NC1CCCC1)N(Cc1ccccc1Cl)C(=O)CN(c1ccc(Cl)c(C(F)(F)F)c1)S(C)(=O)=O. The lowest BCUT2D eigenvalue weighted by molar-refractivity contribution is -0.140. The van der Waals surface area contributed by atoms with Gasteiger partial charge < -0.3 is 10.2 Å². The first-order valence-electron chi connectivity index (χ1n) is 12.4. The van der Waals surface area contributed by atoms with Crippen LogP contribution in [-0.4, -0.2) is 50.0 Å². The number of carbonyl (C=O) groups excluding carboxylic acids is 2. The van der Waals surface area contributed by atoms with Gasteiger partial charge in [0.15, 0.2) is 0 Å². The first-order chi connectivity index (χ1) is 18.2. The Hall–Kier alpha value is -2.50. The average molecular weight is 609 g/mol. The van der Waals surface area contributed by atoms with Crippen molar-refractivity contribution in [3.63, 3.8) is 0 Å². The normalized spacial score (nSPS) is 15.2. The fraction of sp³-hybridized carbons (Fsp3) is 0.462. The number of nitrogens with one attached hydrogen (secondary N) is 1. The number of amides is 2. The van der Waals surface area contributed by atoms with E-state index < -0.39 is 45.3 Å². The van der Waals surface area contributed by atoms with Gasteiger partial charge in [-0.15, -0.1) is 0 Å². The lowest BCUT2D eigenvalue weighted by atomic mass is 10.1. The fourth-order valence-electron chi connectivity index (χ4n) is 4.60. The molecule has 2 amide bonds. The van der Waals surface area contributed by atoms with Crippen LogP contribution in [0.3, 0.4) is 0 Å². The van der Waals surface area contributed by atoms with Crippen LogP contribution < -0.4 is 9.62 Å². The van der Waals surface area contributed by atoms with Crippen molar-refractivity contribution in [1.29, 1.82) is 0 Å². The van der Waals surface area contributed by atoms with E-state index in [4.69, 9.17) is 23.2 Å². The molecule has 0 aliphatic heterocycles. The highest BCUT2D eigenvalue weighted by molar-refractivity contribution is 7.92. The second kappa shape index (κ2) is 12.8. The molecule has 2 aromatic carbocycles. The first kappa shape index (κ1) is 31.0. The first-order valence-corrected chi connectivity index (χ1v) is 15.0. The zero-order chi connectivity index (χ0) is 29.0. The summed E-state index contributed by atoms with van der Waals surface area (Å²) in [5.74, 6) is -1.17. The maximum Gasteiger partial charge on any atom is 0.417 e. The maximum absolute atomic E-state index is 13.7. The van der Waals surface area contributed by atoms with Crippen LogP contribution in [0.15, 0.2) is 42.5 Å². The quantitative estimate of drug-likeness (QED) is 0.378. The van der Waals surface area contributed by atoms with Crippen molar-refractivity contribution in [3.8, 4) is 0 Å². The number of benzene rings is 2. The maximum atomic E-state index is 13.7. The highest BCUT2D eigenvalue weighted by Crippen LogP contribution is 2.37. The van der Waals surface area contributed by atoms with E-state index in [9.17, 15) is 31.2 Å². The molecule has 0 heterocycles. The summed E-state index contributed by atoms with van der Waals surface area (Å²) in [4.78, 5) is 28.2. The molecule has 0 saturated heterocycles. The second-order valence-electron chi connectivity index (χ2n) is 9.46. The Morgan fingerprint density at radius 2 is 1.72 bits per heavy atom. The zero-order valence-corrected chi connectivity index (χ0v) is 23.8. The Morgan fingerprint density at radius 3 is 2.28 bits per heavy atom. The van der Waals surface area contributed by atoms with Crippen LogP contribution in [0.2, 0.25) is 10.0 Å². The highest BCUT2D eigenvalue weighted by Gasteiger charge is 2.36. The molecule has 1 saturated carbocycles. The van der Waals surface area contributed by atoms with Gasteiger partial charge in [0.2, 0.25) is 21.8 Å². The summed E-state index contributed by atoms with van der Waals surface area (Å²) in [7, 11) is -4.23. The van der Waals surface area contributed by atoms with Gasteiger partial charge in [-0.3, -0.25) is 13.9 Å². The van der Waals surface area contributed by atoms with Crippen LogP contribution in [0, 0.1) is 0 Å². The zero-order valence-electron chi connectivity index (χ0n) is 21.5. The molecule has 1 aliphatic rings. The molecular formula is C26H30Cl2F3N3O4S. The third-order valence-corrected chi connectivity index (χ3v) is 8.45. The van der Waals surface area contributed by atoms with Crippen molar-refractivity contribution >= 4 is 50.7 Å². The second-order valence-corrected chi connectivity index (χ2v) is 12.2. The Balaban J connectivity index is 1.99. The highest BCUT2D eigenvalue weighted by atomic mass is 35.5. The van der Waals surface area contributed by atoms with Gasteiger partial charge >= 0.3 is 6.18 Å². The van der Waals surface area contributed by atoms with Crippen molar-refractivity contribution in [2.75, 3.05) is 17.1 Å². The van der Waals surface area contributed by atoms with Crippen LogP contribution in [-0.2, 0) is 32.3 Å². The Kier molecular flexibility index (Phi) is 10.2. The molecule has 3 rings (SSSR count). The molecule has 1 aliphatic carbocycles. The number of hydrogen-bond acceptors (Lipinski definition) is 4. The summed E-state index contributed by atoms with van der Waals surface area (Å²) in [5.41, 5.74) is -1.10. The largest absolute Gasteiger partial charge is 0.417 e. The van der Waals surface area contributed by atoms with Crippen LogP contribution in [0.5, 0.6) is 0 Å². The smallest absolute Gasteiger partial charge is 0.352 e. The molecule has 1 fully saturated rings. The van der Waals surface area contributed by atoms with Gasteiger partial charge in [0, 0.05) is 17.6 Å². The van der Waals surface area contributed by atoms with Crippen LogP contribution in [0.1, 0.15) is 50.2 Å². The van der Waals surface area contributed by atoms with Gasteiger partial charge in [0.1, 0.15) is 12.6 Å². The molecule has 39 heavy (non-hydrogen) atoms. The van der Waals surface area contributed by atoms with Gasteiger partial charge in [0.05, 0.1) is 22.5 Å².